The molecule has 0 aliphatic carbocycles. The zero-order chi connectivity index (χ0) is 16.4. The van der Waals surface area contributed by atoms with Crippen molar-refractivity contribution in [1.82, 2.24) is 9.67 Å². The van der Waals surface area contributed by atoms with Gasteiger partial charge in [-0.05, 0) is 41.4 Å². The van der Waals surface area contributed by atoms with Crippen LogP contribution in [-0.2, 0) is 0 Å². The fourth-order valence-corrected chi connectivity index (χ4v) is 2.70. The fourth-order valence-electron chi connectivity index (χ4n) is 2.70. The van der Waals surface area contributed by atoms with Crippen molar-refractivity contribution in [1.29, 1.82) is 0 Å². The molecule has 0 fully saturated rings. The van der Waals surface area contributed by atoms with Gasteiger partial charge < -0.3 is 5.21 Å². The molecule has 116 valence electrons. The van der Waals surface area contributed by atoms with Gasteiger partial charge in [-0.1, -0.05) is 54.6 Å². The van der Waals surface area contributed by atoms with Gasteiger partial charge in [0.25, 0.3) is 5.82 Å². The largest absolute Gasteiger partial charge is 0.692 e. The molecule has 1 aromatic heterocycles. The second-order valence-electron chi connectivity index (χ2n) is 5.41. The van der Waals surface area contributed by atoms with Crippen LogP contribution in [0.1, 0.15) is 0 Å². The molecule has 4 aromatic rings. The highest BCUT2D eigenvalue weighted by Crippen LogP contribution is 2.23. The Kier molecular flexibility index (Phi) is 3.56. The number of aromatic nitrogens is 3. The molecule has 24 heavy (non-hydrogen) atoms. The van der Waals surface area contributed by atoms with E-state index in [1.165, 1.54) is 0 Å². The van der Waals surface area contributed by atoms with Crippen molar-refractivity contribution in [3.05, 3.63) is 96.2 Å². The Balaban J connectivity index is 1.99. The van der Waals surface area contributed by atoms with E-state index in [2.05, 4.69) is 4.98 Å². The van der Waals surface area contributed by atoms with E-state index in [1.807, 2.05) is 91.0 Å². The van der Waals surface area contributed by atoms with Crippen LogP contribution in [0.3, 0.4) is 0 Å². The Morgan fingerprint density at radius 2 is 1.17 bits per heavy atom. The van der Waals surface area contributed by atoms with E-state index in [4.69, 9.17) is 0 Å². The monoisotopic (exact) mass is 313 g/mol. The van der Waals surface area contributed by atoms with Crippen LogP contribution in [0.4, 0.5) is 0 Å². The Labute approximate surface area is 139 Å². The molecular weight excluding hydrogens is 298 g/mol. The highest BCUT2D eigenvalue weighted by atomic mass is 16.5. The summed E-state index contributed by atoms with van der Waals surface area (Å²) < 4.78 is 1.59. The van der Waals surface area contributed by atoms with Crippen LogP contribution in [0.25, 0.3) is 28.5 Å². The van der Waals surface area contributed by atoms with Crippen LogP contribution in [0, 0.1) is 5.21 Å². The Bertz CT molecular complexity index is 948. The van der Waals surface area contributed by atoms with Crippen molar-refractivity contribution < 1.29 is 4.85 Å². The summed E-state index contributed by atoms with van der Waals surface area (Å²) >= 11 is 0. The third-order valence-corrected chi connectivity index (χ3v) is 3.84. The molecule has 4 heteroatoms. The molecule has 1 heterocycles. The molecule has 0 aliphatic rings. The maximum atomic E-state index is 13.0. The van der Waals surface area contributed by atoms with Gasteiger partial charge in [0.05, 0.1) is 11.3 Å². The van der Waals surface area contributed by atoms with E-state index < -0.39 is 0 Å². The molecule has 0 amide bonds. The van der Waals surface area contributed by atoms with Gasteiger partial charge >= 0.3 is 5.82 Å². The molecule has 0 saturated carbocycles. The minimum Gasteiger partial charge on any atom is -0.692 e. The highest BCUT2D eigenvalue weighted by molar-refractivity contribution is 5.61. The van der Waals surface area contributed by atoms with E-state index in [0.717, 1.165) is 21.7 Å². The summed E-state index contributed by atoms with van der Waals surface area (Å²) in [5, 5.41) is 13.0. The topological polar surface area (TPSA) is 44.8 Å². The zero-order valence-corrected chi connectivity index (χ0v) is 12.9. The van der Waals surface area contributed by atoms with E-state index in [1.54, 1.807) is 4.68 Å². The summed E-state index contributed by atoms with van der Waals surface area (Å²) in [5.41, 5.74) is 2.47. The standard InChI is InChI=1S/C20H15N3O/c24-23-20(17-12-6-2-7-13-17)21-19(16-10-4-1-5-11-16)22(23)18-14-8-3-9-15-18/h1-15H. The van der Waals surface area contributed by atoms with Gasteiger partial charge in [-0.2, -0.15) is 0 Å². The summed E-state index contributed by atoms with van der Waals surface area (Å²) in [4.78, 5) is 5.49. The lowest BCUT2D eigenvalue weighted by Crippen LogP contribution is -2.38. The Hall–Kier alpha value is -3.40. The van der Waals surface area contributed by atoms with Crippen molar-refractivity contribution in [2.24, 2.45) is 0 Å². The van der Waals surface area contributed by atoms with Crippen LogP contribution in [0.5, 0.6) is 0 Å². The van der Waals surface area contributed by atoms with Gasteiger partial charge in [-0.15, -0.1) is 9.53 Å². The van der Waals surface area contributed by atoms with Gasteiger partial charge in [-0.25, -0.2) is 0 Å². The molecule has 0 bridgehead atoms. The number of benzene rings is 3. The molecule has 4 nitrogen and oxygen atoms in total. The minimum absolute atomic E-state index is 0.387. The molecule has 0 spiro atoms. The average Bonchev–Trinajstić information content (AvgIpc) is 3.01. The van der Waals surface area contributed by atoms with Crippen molar-refractivity contribution in [3.63, 3.8) is 0 Å². The lowest BCUT2D eigenvalue weighted by Gasteiger charge is -2.09. The van der Waals surface area contributed by atoms with Gasteiger partial charge in [-0.3, -0.25) is 0 Å². The third-order valence-electron chi connectivity index (χ3n) is 3.84. The molecule has 0 atom stereocenters. The predicted molar refractivity (Wildman–Crippen MR) is 93.4 cm³/mol. The molecule has 0 radical (unpaired) electrons. The number of para-hydroxylation sites is 1. The van der Waals surface area contributed by atoms with Crippen LogP contribution in [0.15, 0.2) is 91.0 Å². The normalized spacial score (nSPS) is 10.7. The van der Waals surface area contributed by atoms with Crippen LogP contribution >= 0.6 is 0 Å². The Morgan fingerprint density at radius 3 is 1.75 bits per heavy atom. The maximum absolute atomic E-state index is 13.0. The predicted octanol–water partition coefficient (Wildman–Crippen LogP) is 3.84. The Morgan fingerprint density at radius 1 is 0.667 bits per heavy atom. The van der Waals surface area contributed by atoms with Crippen molar-refractivity contribution in [3.8, 4) is 28.5 Å². The van der Waals surface area contributed by atoms with Gasteiger partial charge in [0.1, 0.15) is 0 Å². The first-order valence-corrected chi connectivity index (χ1v) is 7.73. The zero-order valence-electron chi connectivity index (χ0n) is 12.9. The molecule has 4 rings (SSSR count). The lowest BCUT2D eigenvalue weighted by atomic mass is 10.2. The smallest absolute Gasteiger partial charge is 0.355 e. The second kappa shape index (κ2) is 6.01. The molecule has 0 N–H and O–H groups in total. The second-order valence-corrected chi connectivity index (χ2v) is 5.41. The molecule has 0 unspecified atom stereocenters. The number of hydrogen-bond donors (Lipinski definition) is 0. The van der Waals surface area contributed by atoms with Gasteiger partial charge in [0, 0.05) is 5.56 Å². The minimum atomic E-state index is 0.387. The maximum Gasteiger partial charge on any atom is 0.355 e. The van der Waals surface area contributed by atoms with Crippen molar-refractivity contribution in [2.45, 2.75) is 0 Å². The quantitative estimate of drug-likeness (QED) is 0.426. The lowest BCUT2D eigenvalue weighted by molar-refractivity contribution is -0.673. The van der Waals surface area contributed by atoms with Gasteiger partial charge in [0.15, 0.2) is 0 Å². The number of rotatable bonds is 3. The molecule has 0 aliphatic heterocycles. The van der Waals surface area contributed by atoms with E-state index >= 15 is 0 Å². The summed E-state index contributed by atoms with van der Waals surface area (Å²) in [6.07, 6.45) is 0. The van der Waals surface area contributed by atoms with Crippen LogP contribution in [-0.4, -0.2) is 9.67 Å². The first-order chi connectivity index (χ1) is 11.8. The number of hydrogen-bond acceptors (Lipinski definition) is 2. The summed E-state index contributed by atoms with van der Waals surface area (Å²) in [5.74, 6) is 1.01. The fraction of sp³-hybridized carbons (Fsp3) is 0. The molecule has 3 aromatic carbocycles. The average molecular weight is 313 g/mol. The van der Waals surface area contributed by atoms with E-state index in [9.17, 15) is 5.21 Å². The molecule has 0 saturated heterocycles. The summed E-state index contributed by atoms with van der Waals surface area (Å²) in [6, 6.07) is 28.8. The highest BCUT2D eigenvalue weighted by Gasteiger charge is 2.25. The van der Waals surface area contributed by atoms with E-state index in [0.29, 0.717) is 11.6 Å². The number of nitrogens with zero attached hydrogens (tertiary/aromatic N) is 3. The molecular formula is C20H15N3O. The summed E-state index contributed by atoms with van der Waals surface area (Å²) in [6.45, 7) is 0. The van der Waals surface area contributed by atoms with E-state index in [-0.39, 0.29) is 0 Å². The first kappa shape index (κ1) is 14.2. The van der Waals surface area contributed by atoms with Crippen molar-refractivity contribution >= 4 is 0 Å². The third kappa shape index (κ3) is 2.44. The van der Waals surface area contributed by atoms with Crippen LogP contribution < -0.4 is 4.85 Å². The van der Waals surface area contributed by atoms with Gasteiger partial charge in [0.2, 0.25) is 0 Å². The SMILES string of the molecule is [O-][n+]1c(-c2ccccc2)nc(-c2ccccc2)n1-c1ccccc1. The van der Waals surface area contributed by atoms with Crippen molar-refractivity contribution in [2.75, 3.05) is 0 Å². The van der Waals surface area contributed by atoms with Crippen LogP contribution in [0.2, 0.25) is 0 Å². The first-order valence-electron chi connectivity index (χ1n) is 7.73. The summed E-state index contributed by atoms with van der Waals surface area (Å²) in [7, 11) is 0.